The van der Waals surface area contributed by atoms with Gasteiger partial charge in [0.15, 0.2) is 9.84 Å². The molecule has 1 aliphatic heterocycles. The van der Waals surface area contributed by atoms with Crippen LogP contribution in [-0.2, 0) is 16.4 Å². The Morgan fingerprint density at radius 2 is 1.75 bits per heavy atom. The Morgan fingerprint density at radius 1 is 1.19 bits per heavy atom. The molecule has 0 unspecified atom stereocenters. The summed E-state index contributed by atoms with van der Waals surface area (Å²) < 4.78 is 47.3. The zero-order valence-corrected chi connectivity index (χ0v) is 9.23. The van der Waals surface area contributed by atoms with E-state index in [2.05, 4.69) is 5.32 Å². The normalized spacial score (nSPS) is 19.4. The average Bonchev–Trinajstić information content (AvgIpc) is 2.09. The molecule has 1 saturated heterocycles. The molecule has 88 valence electrons. The fourth-order valence-corrected chi connectivity index (χ4v) is 3.02. The molecular formula is C10H11F2NO2S. The molecule has 1 aromatic rings. The maximum absolute atomic E-state index is 12.8. The van der Waals surface area contributed by atoms with Gasteiger partial charge in [0.2, 0.25) is 0 Å². The van der Waals surface area contributed by atoms with Gasteiger partial charge in [-0.05, 0) is 17.7 Å². The number of hydrogen-bond donors (Lipinski definition) is 1. The van der Waals surface area contributed by atoms with E-state index in [1.165, 1.54) is 12.1 Å². The van der Waals surface area contributed by atoms with Crippen molar-refractivity contribution in [1.29, 1.82) is 0 Å². The first-order valence-corrected chi connectivity index (χ1v) is 6.65. The minimum atomic E-state index is -2.86. The molecule has 3 nitrogen and oxygen atoms in total. The third kappa shape index (κ3) is 2.76. The van der Waals surface area contributed by atoms with Crippen molar-refractivity contribution in [2.24, 2.45) is 0 Å². The van der Waals surface area contributed by atoms with E-state index in [4.69, 9.17) is 0 Å². The second-order valence-corrected chi connectivity index (χ2v) is 6.09. The van der Waals surface area contributed by atoms with Crippen LogP contribution in [0, 0.1) is 11.6 Å². The largest absolute Gasteiger partial charge is 0.308 e. The molecule has 1 aliphatic rings. The van der Waals surface area contributed by atoms with Crippen LogP contribution >= 0.6 is 0 Å². The first-order chi connectivity index (χ1) is 7.44. The van der Waals surface area contributed by atoms with E-state index in [0.29, 0.717) is 5.56 Å². The van der Waals surface area contributed by atoms with Crippen LogP contribution in [0.4, 0.5) is 8.78 Å². The molecule has 0 bridgehead atoms. The number of sulfone groups is 1. The second-order valence-electron chi connectivity index (χ2n) is 3.93. The molecule has 1 aromatic carbocycles. The Hall–Kier alpha value is -1.01. The number of rotatable bonds is 3. The van der Waals surface area contributed by atoms with Crippen molar-refractivity contribution in [1.82, 2.24) is 5.32 Å². The van der Waals surface area contributed by atoms with E-state index in [9.17, 15) is 17.2 Å². The molecule has 0 radical (unpaired) electrons. The van der Waals surface area contributed by atoms with Gasteiger partial charge in [-0.15, -0.1) is 0 Å². The summed E-state index contributed by atoms with van der Waals surface area (Å²) in [6.45, 7) is 0.273. The fraction of sp³-hybridized carbons (Fsp3) is 0.400. The molecule has 6 heteroatoms. The lowest BCUT2D eigenvalue weighted by atomic mass is 10.2. The lowest BCUT2D eigenvalue weighted by molar-refractivity contribution is 0.508. The Kier molecular flexibility index (Phi) is 2.94. The minimum absolute atomic E-state index is 0.101. The molecule has 16 heavy (non-hydrogen) atoms. The van der Waals surface area contributed by atoms with E-state index in [1.54, 1.807) is 0 Å². The summed E-state index contributed by atoms with van der Waals surface area (Å²) in [5, 5.41) is 2.93. The van der Waals surface area contributed by atoms with Crippen LogP contribution in [0.15, 0.2) is 18.2 Å². The van der Waals surface area contributed by atoms with Gasteiger partial charge >= 0.3 is 0 Å². The average molecular weight is 247 g/mol. The number of hydrogen-bond acceptors (Lipinski definition) is 3. The van der Waals surface area contributed by atoms with Crippen LogP contribution < -0.4 is 5.32 Å². The highest BCUT2D eigenvalue weighted by atomic mass is 32.2. The van der Waals surface area contributed by atoms with E-state index < -0.39 is 21.5 Å². The quantitative estimate of drug-likeness (QED) is 0.861. The van der Waals surface area contributed by atoms with Gasteiger partial charge in [0.05, 0.1) is 11.5 Å². The first-order valence-electron chi connectivity index (χ1n) is 4.83. The monoisotopic (exact) mass is 247 g/mol. The highest BCUT2D eigenvalue weighted by Crippen LogP contribution is 2.12. The van der Waals surface area contributed by atoms with Crippen molar-refractivity contribution in [2.75, 3.05) is 11.5 Å². The Balaban J connectivity index is 1.91. The molecule has 1 N–H and O–H groups in total. The molecule has 0 spiro atoms. The Bertz CT molecular complexity index is 469. The molecule has 0 aromatic heterocycles. The SMILES string of the molecule is O=S1(=O)CC(NCc2cc(F)cc(F)c2)C1. The topological polar surface area (TPSA) is 46.2 Å². The van der Waals surface area contributed by atoms with Gasteiger partial charge in [0.1, 0.15) is 11.6 Å². The summed E-state index contributed by atoms with van der Waals surface area (Å²) >= 11 is 0. The van der Waals surface area contributed by atoms with Gasteiger partial charge < -0.3 is 5.32 Å². The van der Waals surface area contributed by atoms with Crippen molar-refractivity contribution in [3.63, 3.8) is 0 Å². The summed E-state index contributed by atoms with van der Waals surface area (Å²) in [4.78, 5) is 0. The lowest BCUT2D eigenvalue weighted by Crippen LogP contribution is -2.50. The molecular weight excluding hydrogens is 236 g/mol. The summed E-state index contributed by atoms with van der Waals surface area (Å²) in [5.74, 6) is -1.05. The van der Waals surface area contributed by atoms with Crippen LogP contribution in [0.25, 0.3) is 0 Å². The Morgan fingerprint density at radius 3 is 2.25 bits per heavy atom. The highest BCUT2D eigenvalue weighted by molar-refractivity contribution is 7.92. The molecule has 0 aliphatic carbocycles. The van der Waals surface area contributed by atoms with E-state index in [0.717, 1.165) is 6.07 Å². The van der Waals surface area contributed by atoms with Crippen molar-refractivity contribution in [3.05, 3.63) is 35.4 Å². The second kappa shape index (κ2) is 4.10. The third-order valence-corrected chi connectivity index (χ3v) is 4.25. The summed E-state index contributed by atoms with van der Waals surface area (Å²) in [6, 6.07) is 3.15. The third-order valence-electron chi connectivity index (χ3n) is 2.43. The molecule has 0 amide bonds. The van der Waals surface area contributed by atoms with E-state index in [-0.39, 0.29) is 24.1 Å². The molecule has 1 fully saturated rings. The zero-order chi connectivity index (χ0) is 11.8. The number of nitrogens with one attached hydrogen (secondary N) is 1. The minimum Gasteiger partial charge on any atom is -0.308 e. The summed E-state index contributed by atoms with van der Waals surface area (Å²) in [6.07, 6.45) is 0. The first kappa shape index (κ1) is 11.5. The van der Waals surface area contributed by atoms with E-state index >= 15 is 0 Å². The maximum atomic E-state index is 12.8. The molecule has 0 atom stereocenters. The summed E-state index contributed by atoms with van der Waals surface area (Å²) in [7, 11) is -2.86. The summed E-state index contributed by atoms with van der Waals surface area (Å²) in [5.41, 5.74) is 0.474. The van der Waals surface area contributed by atoms with Gasteiger partial charge in [-0.1, -0.05) is 0 Å². The van der Waals surface area contributed by atoms with Crippen molar-refractivity contribution >= 4 is 9.84 Å². The van der Waals surface area contributed by atoms with Crippen molar-refractivity contribution in [2.45, 2.75) is 12.6 Å². The van der Waals surface area contributed by atoms with Gasteiger partial charge in [-0.25, -0.2) is 17.2 Å². The number of halogens is 2. The van der Waals surface area contributed by atoms with Gasteiger partial charge in [-0.3, -0.25) is 0 Å². The van der Waals surface area contributed by atoms with Gasteiger partial charge in [0, 0.05) is 18.7 Å². The Labute approximate surface area is 92.4 Å². The maximum Gasteiger partial charge on any atom is 0.153 e. The number of benzene rings is 1. The lowest BCUT2D eigenvalue weighted by Gasteiger charge is -2.26. The van der Waals surface area contributed by atoms with Gasteiger partial charge in [0.25, 0.3) is 0 Å². The molecule has 1 heterocycles. The van der Waals surface area contributed by atoms with Crippen LogP contribution in [0.3, 0.4) is 0 Å². The van der Waals surface area contributed by atoms with Crippen LogP contribution in [0.2, 0.25) is 0 Å². The standard InChI is InChI=1S/C10H11F2NO2S/c11-8-1-7(2-9(12)3-8)4-13-10-5-16(14,15)6-10/h1-3,10,13H,4-6H2. The van der Waals surface area contributed by atoms with Crippen molar-refractivity contribution in [3.8, 4) is 0 Å². The zero-order valence-electron chi connectivity index (χ0n) is 8.41. The van der Waals surface area contributed by atoms with Crippen LogP contribution in [0.1, 0.15) is 5.56 Å². The van der Waals surface area contributed by atoms with E-state index in [1.807, 2.05) is 0 Å². The van der Waals surface area contributed by atoms with Crippen molar-refractivity contribution < 1.29 is 17.2 Å². The molecule has 2 rings (SSSR count). The molecule has 0 saturated carbocycles. The highest BCUT2D eigenvalue weighted by Gasteiger charge is 2.32. The van der Waals surface area contributed by atoms with Crippen LogP contribution in [-0.4, -0.2) is 26.0 Å². The predicted octanol–water partition coefficient (Wildman–Crippen LogP) is 0.851. The smallest absolute Gasteiger partial charge is 0.153 e. The van der Waals surface area contributed by atoms with Gasteiger partial charge in [-0.2, -0.15) is 0 Å². The predicted molar refractivity (Wildman–Crippen MR) is 55.6 cm³/mol. The van der Waals surface area contributed by atoms with Crippen LogP contribution in [0.5, 0.6) is 0 Å². The fourth-order valence-electron chi connectivity index (χ4n) is 1.66.